The van der Waals surface area contributed by atoms with Crippen LogP contribution in [0.15, 0.2) is 20.1 Å². The van der Waals surface area contributed by atoms with E-state index in [1.54, 1.807) is 12.1 Å². The number of sulfonamides is 1. The lowest BCUT2D eigenvalue weighted by Crippen LogP contribution is -2.43. The van der Waals surface area contributed by atoms with Gasteiger partial charge in [-0.1, -0.05) is 19.3 Å². The van der Waals surface area contributed by atoms with Crippen LogP contribution in [0.5, 0.6) is 0 Å². The molecule has 1 aromatic rings. The van der Waals surface area contributed by atoms with Gasteiger partial charge < -0.3 is 5.11 Å². The van der Waals surface area contributed by atoms with E-state index in [2.05, 4.69) is 20.7 Å². The first-order valence-corrected chi connectivity index (χ1v) is 9.51. The molecule has 0 aromatic carbocycles. The molecule has 4 nitrogen and oxygen atoms in total. The summed E-state index contributed by atoms with van der Waals surface area (Å²) in [5.74, 6) is 0.247. The van der Waals surface area contributed by atoms with Gasteiger partial charge in [0, 0.05) is 6.04 Å². The Kier molecular flexibility index (Phi) is 5.42. The molecule has 19 heavy (non-hydrogen) atoms. The van der Waals surface area contributed by atoms with Gasteiger partial charge in [0.1, 0.15) is 4.21 Å². The molecule has 1 aliphatic rings. The van der Waals surface area contributed by atoms with E-state index in [9.17, 15) is 13.5 Å². The molecule has 1 saturated carbocycles. The van der Waals surface area contributed by atoms with Crippen molar-refractivity contribution in [3.05, 3.63) is 15.9 Å². The van der Waals surface area contributed by atoms with Gasteiger partial charge in [-0.2, -0.15) is 0 Å². The van der Waals surface area contributed by atoms with Crippen molar-refractivity contribution < 1.29 is 13.5 Å². The van der Waals surface area contributed by atoms with E-state index in [1.807, 2.05) is 0 Å². The number of halogens is 1. The lowest BCUT2D eigenvalue weighted by atomic mass is 9.84. The second kappa shape index (κ2) is 6.67. The first kappa shape index (κ1) is 15.4. The molecule has 0 spiro atoms. The largest absolute Gasteiger partial charge is 0.395 e. The summed E-state index contributed by atoms with van der Waals surface area (Å²) >= 11 is 4.44. The molecular weight excluding hydrogens is 350 g/mol. The van der Waals surface area contributed by atoms with Crippen molar-refractivity contribution in [1.82, 2.24) is 4.72 Å². The van der Waals surface area contributed by atoms with Gasteiger partial charge >= 0.3 is 0 Å². The highest BCUT2D eigenvalue weighted by atomic mass is 79.9. The standard InChI is InChI=1S/C12H18BrNO3S2/c13-11-6-7-12(18-11)19(16,17)14-10(8-15)9-4-2-1-3-5-9/h6-7,9-10,14-15H,1-5,8H2/t10-/m1/s1. The Morgan fingerprint density at radius 3 is 2.58 bits per heavy atom. The van der Waals surface area contributed by atoms with Crippen LogP contribution in [0.1, 0.15) is 32.1 Å². The zero-order valence-corrected chi connectivity index (χ0v) is 13.7. The third kappa shape index (κ3) is 4.01. The maximum absolute atomic E-state index is 12.2. The number of hydrogen-bond acceptors (Lipinski definition) is 4. The molecule has 0 saturated heterocycles. The molecule has 1 atom stereocenters. The van der Waals surface area contributed by atoms with Crippen molar-refractivity contribution >= 4 is 37.3 Å². The van der Waals surface area contributed by atoms with Crippen molar-refractivity contribution in [2.24, 2.45) is 5.92 Å². The van der Waals surface area contributed by atoms with Crippen molar-refractivity contribution in [3.63, 3.8) is 0 Å². The number of aliphatic hydroxyl groups excluding tert-OH is 1. The molecule has 0 radical (unpaired) electrons. The molecule has 1 heterocycles. The summed E-state index contributed by atoms with van der Waals surface area (Å²) < 4.78 is 28.2. The fraction of sp³-hybridized carbons (Fsp3) is 0.667. The van der Waals surface area contributed by atoms with E-state index in [0.29, 0.717) is 0 Å². The first-order chi connectivity index (χ1) is 9.03. The summed E-state index contributed by atoms with van der Waals surface area (Å²) in [5, 5.41) is 9.46. The molecule has 108 valence electrons. The Labute approximate surface area is 126 Å². The molecule has 0 amide bonds. The normalized spacial score (nSPS) is 19.5. The summed E-state index contributed by atoms with van der Waals surface area (Å²) in [7, 11) is -3.52. The highest BCUT2D eigenvalue weighted by Crippen LogP contribution is 2.29. The van der Waals surface area contributed by atoms with Gasteiger partial charge in [0.05, 0.1) is 10.4 Å². The average Bonchev–Trinajstić information content (AvgIpc) is 2.85. The number of thiophene rings is 1. The van der Waals surface area contributed by atoms with Crippen LogP contribution in [0.25, 0.3) is 0 Å². The second-order valence-electron chi connectivity index (χ2n) is 4.87. The molecule has 1 aromatic heterocycles. The third-order valence-corrected chi connectivity index (χ3v) is 7.14. The van der Waals surface area contributed by atoms with Crippen LogP contribution in [-0.4, -0.2) is 26.2 Å². The number of aliphatic hydroxyl groups is 1. The molecular formula is C12H18BrNO3S2. The Balaban J connectivity index is 2.08. The molecule has 2 N–H and O–H groups in total. The summed E-state index contributed by atoms with van der Waals surface area (Å²) in [6.45, 7) is -0.142. The van der Waals surface area contributed by atoms with E-state index >= 15 is 0 Å². The zero-order valence-electron chi connectivity index (χ0n) is 10.5. The van der Waals surface area contributed by atoms with Crippen molar-refractivity contribution in [2.45, 2.75) is 42.4 Å². The summed E-state index contributed by atoms with van der Waals surface area (Å²) in [6, 6.07) is 2.92. The number of hydrogen-bond donors (Lipinski definition) is 2. The van der Waals surface area contributed by atoms with E-state index in [-0.39, 0.29) is 22.8 Å². The van der Waals surface area contributed by atoms with Gasteiger partial charge in [-0.15, -0.1) is 11.3 Å². The molecule has 0 unspecified atom stereocenters. The summed E-state index contributed by atoms with van der Waals surface area (Å²) in [5.41, 5.74) is 0. The molecule has 1 fully saturated rings. The van der Waals surface area contributed by atoms with E-state index in [0.717, 1.165) is 29.5 Å². The zero-order chi connectivity index (χ0) is 13.9. The molecule has 2 rings (SSSR count). The van der Waals surface area contributed by atoms with Gasteiger partial charge in [-0.25, -0.2) is 13.1 Å². The van der Waals surface area contributed by atoms with Crippen LogP contribution < -0.4 is 4.72 Å². The monoisotopic (exact) mass is 367 g/mol. The highest BCUT2D eigenvalue weighted by molar-refractivity contribution is 9.11. The minimum atomic E-state index is -3.52. The minimum Gasteiger partial charge on any atom is -0.395 e. The molecule has 7 heteroatoms. The average molecular weight is 368 g/mol. The predicted octanol–water partition coefficient (Wildman–Crippen LogP) is 2.73. The van der Waals surface area contributed by atoms with E-state index in [4.69, 9.17) is 0 Å². The van der Waals surface area contributed by atoms with Crippen LogP contribution in [0, 0.1) is 5.92 Å². The Bertz CT molecular complexity index is 509. The lowest BCUT2D eigenvalue weighted by molar-refractivity contribution is 0.187. The topological polar surface area (TPSA) is 66.4 Å². The highest BCUT2D eigenvalue weighted by Gasteiger charge is 2.28. The number of nitrogens with one attached hydrogen (secondary N) is 1. The van der Waals surface area contributed by atoms with Crippen LogP contribution in [0.3, 0.4) is 0 Å². The summed E-state index contributed by atoms with van der Waals surface area (Å²) in [4.78, 5) is 0. The van der Waals surface area contributed by atoms with E-state index < -0.39 is 10.0 Å². The Morgan fingerprint density at radius 2 is 2.05 bits per heavy atom. The molecule has 0 bridgehead atoms. The quantitative estimate of drug-likeness (QED) is 0.840. The first-order valence-electron chi connectivity index (χ1n) is 6.41. The van der Waals surface area contributed by atoms with Crippen molar-refractivity contribution in [3.8, 4) is 0 Å². The van der Waals surface area contributed by atoms with Crippen molar-refractivity contribution in [2.75, 3.05) is 6.61 Å². The SMILES string of the molecule is O=S(=O)(N[C@H](CO)C1CCCCC1)c1ccc(Br)s1. The Morgan fingerprint density at radius 1 is 1.37 bits per heavy atom. The van der Waals surface area contributed by atoms with Gasteiger partial charge in [0.25, 0.3) is 0 Å². The minimum absolute atomic E-state index is 0.142. The van der Waals surface area contributed by atoms with Gasteiger partial charge in [0.2, 0.25) is 10.0 Å². The summed E-state index contributed by atoms with van der Waals surface area (Å²) in [6.07, 6.45) is 5.42. The van der Waals surface area contributed by atoms with Crippen molar-refractivity contribution in [1.29, 1.82) is 0 Å². The van der Waals surface area contributed by atoms with E-state index in [1.165, 1.54) is 17.8 Å². The predicted molar refractivity (Wildman–Crippen MR) is 79.8 cm³/mol. The van der Waals surface area contributed by atoms with Crippen LogP contribution in [0.2, 0.25) is 0 Å². The van der Waals surface area contributed by atoms with Crippen LogP contribution in [-0.2, 0) is 10.0 Å². The van der Waals surface area contributed by atoms with Gasteiger partial charge in [-0.05, 0) is 46.8 Å². The molecule has 1 aliphatic carbocycles. The molecule has 0 aliphatic heterocycles. The van der Waals surface area contributed by atoms with Gasteiger partial charge in [-0.3, -0.25) is 0 Å². The third-order valence-electron chi connectivity index (χ3n) is 3.54. The van der Waals surface area contributed by atoms with Crippen LogP contribution >= 0.6 is 27.3 Å². The second-order valence-corrected chi connectivity index (χ2v) is 9.27. The van der Waals surface area contributed by atoms with Crippen LogP contribution in [0.4, 0.5) is 0 Å². The fourth-order valence-electron chi connectivity index (χ4n) is 2.52. The maximum Gasteiger partial charge on any atom is 0.250 e. The number of rotatable bonds is 5. The maximum atomic E-state index is 12.2. The lowest BCUT2D eigenvalue weighted by Gasteiger charge is -2.29. The Hall–Kier alpha value is 0.0500. The fourth-order valence-corrected chi connectivity index (χ4v) is 5.84. The smallest absolute Gasteiger partial charge is 0.250 e. The van der Waals surface area contributed by atoms with Gasteiger partial charge in [0.15, 0.2) is 0 Å².